The second-order valence-electron chi connectivity index (χ2n) is 5.53. The molecule has 1 heterocycles. The molecule has 1 aliphatic heterocycles. The molecule has 5 nitrogen and oxygen atoms in total. The molecule has 21 heavy (non-hydrogen) atoms. The lowest BCUT2D eigenvalue weighted by molar-refractivity contribution is 0.0288. The van der Waals surface area contributed by atoms with Crippen LogP contribution in [-0.4, -0.2) is 61.2 Å². The van der Waals surface area contributed by atoms with Crippen molar-refractivity contribution in [2.75, 3.05) is 32.4 Å². The van der Waals surface area contributed by atoms with Crippen molar-refractivity contribution in [3.8, 4) is 0 Å². The lowest BCUT2D eigenvalue weighted by Crippen LogP contribution is -2.52. The quantitative estimate of drug-likeness (QED) is 0.884. The predicted molar refractivity (Wildman–Crippen MR) is 83.5 cm³/mol. The van der Waals surface area contributed by atoms with Crippen molar-refractivity contribution in [1.82, 2.24) is 9.21 Å². The van der Waals surface area contributed by atoms with Crippen LogP contribution in [-0.2, 0) is 10.0 Å². The summed E-state index contributed by atoms with van der Waals surface area (Å²) in [6.07, 6.45) is 1.54. The minimum Gasteiger partial charge on any atom is -0.387 e. The van der Waals surface area contributed by atoms with Crippen LogP contribution < -0.4 is 0 Å². The molecule has 2 unspecified atom stereocenters. The summed E-state index contributed by atoms with van der Waals surface area (Å²) in [4.78, 5) is 2.19. The van der Waals surface area contributed by atoms with E-state index in [-0.39, 0.29) is 6.04 Å². The number of sulfonamides is 1. The molecule has 0 saturated carbocycles. The summed E-state index contributed by atoms with van der Waals surface area (Å²) in [7, 11) is -3.11. The van der Waals surface area contributed by atoms with Crippen molar-refractivity contribution in [1.29, 1.82) is 0 Å². The largest absolute Gasteiger partial charge is 0.387 e. The van der Waals surface area contributed by atoms with E-state index < -0.39 is 16.1 Å². The molecule has 1 fully saturated rings. The summed E-state index contributed by atoms with van der Waals surface area (Å²) >= 11 is 0. The normalized spacial score (nSPS) is 21.1. The molecule has 0 amide bonds. The molecule has 0 aliphatic carbocycles. The average molecular weight is 312 g/mol. The molecule has 0 radical (unpaired) electrons. The van der Waals surface area contributed by atoms with Gasteiger partial charge in [0.1, 0.15) is 0 Å². The monoisotopic (exact) mass is 312 g/mol. The predicted octanol–water partition coefficient (Wildman–Crippen LogP) is 1.08. The Balaban J connectivity index is 2.03. The molecule has 0 spiro atoms. The lowest BCUT2D eigenvalue weighted by Gasteiger charge is -2.40. The standard InChI is InChI=1S/C15H24N2O3S/c1-3-14(15(18)13-7-5-4-6-8-13)16-9-11-17(12-10-16)21(2,19)20/h4-8,14-15,18H,3,9-12H2,1-2H3. The van der Waals surface area contributed by atoms with Gasteiger partial charge in [0.15, 0.2) is 0 Å². The fourth-order valence-electron chi connectivity index (χ4n) is 2.92. The highest BCUT2D eigenvalue weighted by Crippen LogP contribution is 2.24. The molecule has 2 rings (SSSR count). The van der Waals surface area contributed by atoms with Gasteiger partial charge in [-0.3, -0.25) is 4.90 Å². The Morgan fingerprint density at radius 3 is 2.19 bits per heavy atom. The van der Waals surface area contributed by atoms with Gasteiger partial charge in [-0.2, -0.15) is 4.31 Å². The van der Waals surface area contributed by atoms with Crippen LogP contribution in [0.1, 0.15) is 25.0 Å². The van der Waals surface area contributed by atoms with Gasteiger partial charge < -0.3 is 5.11 Å². The molecule has 6 heteroatoms. The Morgan fingerprint density at radius 2 is 1.71 bits per heavy atom. The number of aliphatic hydroxyl groups is 1. The molecule has 0 bridgehead atoms. The smallest absolute Gasteiger partial charge is 0.211 e. The topological polar surface area (TPSA) is 60.9 Å². The number of hydrogen-bond acceptors (Lipinski definition) is 4. The number of aliphatic hydroxyl groups excluding tert-OH is 1. The zero-order chi connectivity index (χ0) is 15.5. The number of piperazine rings is 1. The van der Waals surface area contributed by atoms with Crippen LogP contribution in [0, 0.1) is 0 Å². The number of hydrogen-bond donors (Lipinski definition) is 1. The zero-order valence-corrected chi connectivity index (χ0v) is 13.5. The van der Waals surface area contributed by atoms with Gasteiger partial charge in [0.2, 0.25) is 10.0 Å². The van der Waals surface area contributed by atoms with Gasteiger partial charge in [-0.25, -0.2) is 8.42 Å². The number of nitrogens with zero attached hydrogens (tertiary/aromatic N) is 2. The molecule has 1 aromatic rings. The molecule has 1 aromatic carbocycles. The lowest BCUT2D eigenvalue weighted by atomic mass is 9.98. The van der Waals surface area contributed by atoms with E-state index in [1.807, 2.05) is 30.3 Å². The first-order valence-electron chi connectivity index (χ1n) is 7.35. The second kappa shape index (κ2) is 6.87. The maximum atomic E-state index is 11.5. The van der Waals surface area contributed by atoms with Gasteiger partial charge >= 0.3 is 0 Å². The van der Waals surface area contributed by atoms with E-state index >= 15 is 0 Å². The fraction of sp³-hybridized carbons (Fsp3) is 0.600. The first-order chi connectivity index (χ1) is 9.93. The third kappa shape index (κ3) is 4.03. The van der Waals surface area contributed by atoms with Gasteiger partial charge in [-0.1, -0.05) is 37.3 Å². The Hall–Kier alpha value is -0.950. The van der Waals surface area contributed by atoms with Crippen LogP contribution in [0.5, 0.6) is 0 Å². The maximum absolute atomic E-state index is 11.5. The van der Waals surface area contributed by atoms with Crippen LogP contribution in [0.2, 0.25) is 0 Å². The van der Waals surface area contributed by atoms with Crippen molar-refractivity contribution < 1.29 is 13.5 Å². The zero-order valence-electron chi connectivity index (χ0n) is 12.6. The molecule has 1 saturated heterocycles. The van der Waals surface area contributed by atoms with Gasteiger partial charge in [-0.05, 0) is 12.0 Å². The first-order valence-corrected chi connectivity index (χ1v) is 9.20. The minimum atomic E-state index is -3.11. The van der Waals surface area contributed by atoms with Crippen LogP contribution in [0.3, 0.4) is 0 Å². The molecule has 118 valence electrons. The Bertz CT molecular complexity index is 539. The Morgan fingerprint density at radius 1 is 1.14 bits per heavy atom. The van der Waals surface area contributed by atoms with Crippen LogP contribution >= 0.6 is 0 Å². The third-order valence-corrected chi connectivity index (χ3v) is 5.44. The van der Waals surface area contributed by atoms with E-state index in [0.717, 1.165) is 12.0 Å². The van der Waals surface area contributed by atoms with Gasteiger partial charge in [-0.15, -0.1) is 0 Å². The Labute approximate surface area is 127 Å². The van der Waals surface area contributed by atoms with Gasteiger partial charge in [0, 0.05) is 32.2 Å². The summed E-state index contributed by atoms with van der Waals surface area (Å²) < 4.78 is 24.6. The van der Waals surface area contributed by atoms with Gasteiger partial charge in [0.05, 0.1) is 12.4 Å². The fourth-order valence-corrected chi connectivity index (χ4v) is 3.75. The summed E-state index contributed by atoms with van der Waals surface area (Å²) in [6.45, 7) is 4.37. The van der Waals surface area contributed by atoms with Crippen molar-refractivity contribution in [2.24, 2.45) is 0 Å². The van der Waals surface area contributed by atoms with Crippen LogP contribution in [0.15, 0.2) is 30.3 Å². The van der Waals surface area contributed by atoms with E-state index in [2.05, 4.69) is 11.8 Å². The summed E-state index contributed by atoms with van der Waals surface area (Å²) in [5.74, 6) is 0. The third-order valence-electron chi connectivity index (χ3n) is 4.14. The van der Waals surface area contributed by atoms with Gasteiger partial charge in [0.25, 0.3) is 0 Å². The summed E-state index contributed by atoms with van der Waals surface area (Å²) in [6, 6.07) is 9.66. The van der Waals surface area contributed by atoms with Crippen LogP contribution in [0.4, 0.5) is 0 Å². The van der Waals surface area contributed by atoms with Crippen molar-refractivity contribution in [2.45, 2.75) is 25.5 Å². The SMILES string of the molecule is CCC(C(O)c1ccccc1)N1CCN(S(C)(=O)=O)CC1. The van der Waals surface area contributed by atoms with Crippen molar-refractivity contribution in [3.63, 3.8) is 0 Å². The molecular formula is C15H24N2O3S. The maximum Gasteiger partial charge on any atom is 0.211 e. The number of rotatable bonds is 5. The van der Waals surface area contributed by atoms with E-state index in [4.69, 9.17) is 0 Å². The first kappa shape index (κ1) is 16.4. The minimum absolute atomic E-state index is 0.0223. The average Bonchev–Trinajstić information content (AvgIpc) is 2.48. The molecule has 1 aliphatic rings. The highest BCUT2D eigenvalue weighted by Gasteiger charge is 2.30. The van der Waals surface area contributed by atoms with Crippen LogP contribution in [0.25, 0.3) is 0 Å². The van der Waals surface area contributed by atoms with E-state index in [1.54, 1.807) is 0 Å². The molecule has 2 atom stereocenters. The summed E-state index contributed by atoms with van der Waals surface area (Å²) in [5, 5.41) is 10.6. The molecule has 0 aromatic heterocycles. The van der Waals surface area contributed by atoms with Crippen molar-refractivity contribution in [3.05, 3.63) is 35.9 Å². The second-order valence-corrected chi connectivity index (χ2v) is 7.51. The molecule has 1 N–H and O–H groups in total. The highest BCUT2D eigenvalue weighted by molar-refractivity contribution is 7.88. The van der Waals surface area contributed by atoms with E-state index in [0.29, 0.717) is 26.2 Å². The Kier molecular flexibility index (Phi) is 5.37. The van der Waals surface area contributed by atoms with E-state index in [1.165, 1.54) is 10.6 Å². The number of benzene rings is 1. The van der Waals surface area contributed by atoms with Crippen molar-refractivity contribution >= 4 is 10.0 Å². The molecular weight excluding hydrogens is 288 g/mol. The van der Waals surface area contributed by atoms with E-state index in [9.17, 15) is 13.5 Å². The highest BCUT2D eigenvalue weighted by atomic mass is 32.2. The summed E-state index contributed by atoms with van der Waals surface area (Å²) in [5.41, 5.74) is 0.912.